The van der Waals surface area contributed by atoms with E-state index in [9.17, 15) is 0 Å². The van der Waals surface area contributed by atoms with Crippen molar-refractivity contribution in [2.45, 2.75) is 0 Å². The van der Waals surface area contributed by atoms with E-state index in [1.165, 1.54) is 54.2 Å². The van der Waals surface area contributed by atoms with E-state index in [0.717, 1.165) is 77.9 Å². The summed E-state index contributed by atoms with van der Waals surface area (Å²) in [5.74, 6) is 0.645. The maximum atomic E-state index is 6.63. The highest BCUT2D eigenvalue weighted by Crippen LogP contribution is 2.42. The Kier molecular flexibility index (Phi) is 8.55. The van der Waals surface area contributed by atoms with E-state index in [1.54, 1.807) is 0 Å². The first-order valence-corrected chi connectivity index (χ1v) is 23.1. The smallest absolute Gasteiger partial charge is 0.160 e. The molecule has 316 valence electrons. The molecule has 0 unspecified atom stereocenters. The van der Waals surface area contributed by atoms with Gasteiger partial charge >= 0.3 is 0 Å². The fourth-order valence-corrected chi connectivity index (χ4v) is 10.6. The molecule has 0 bridgehead atoms. The minimum Gasteiger partial charge on any atom is -0.455 e. The summed E-state index contributed by atoms with van der Waals surface area (Å²) in [6.45, 7) is 0. The lowest BCUT2D eigenvalue weighted by molar-refractivity contribution is 0.670. The first-order chi connectivity index (χ1) is 33.7. The Morgan fingerprint density at radius 1 is 0.294 bits per heavy atom. The van der Waals surface area contributed by atoms with Gasteiger partial charge in [0.1, 0.15) is 11.2 Å². The normalized spacial score (nSPS) is 11.8. The summed E-state index contributed by atoms with van der Waals surface area (Å²) < 4.78 is 9.06. The first kappa shape index (κ1) is 38.2. The topological polar surface area (TPSA) is 43.9 Å². The van der Waals surface area contributed by atoms with Gasteiger partial charge in [0.15, 0.2) is 5.82 Å². The van der Waals surface area contributed by atoms with Crippen molar-refractivity contribution in [3.05, 3.63) is 237 Å². The van der Waals surface area contributed by atoms with Crippen LogP contribution in [0.2, 0.25) is 0 Å². The van der Waals surface area contributed by atoms with Crippen molar-refractivity contribution in [1.82, 2.24) is 14.5 Å². The van der Waals surface area contributed by atoms with E-state index in [1.807, 2.05) is 30.3 Å². The van der Waals surface area contributed by atoms with E-state index < -0.39 is 0 Å². The Balaban J connectivity index is 1.06. The third-order valence-corrected chi connectivity index (χ3v) is 13.8. The van der Waals surface area contributed by atoms with Gasteiger partial charge in [-0.1, -0.05) is 182 Å². The molecule has 68 heavy (non-hydrogen) atoms. The Labute approximate surface area is 391 Å². The average molecular weight is 866 g/mol. The van der Waals surface area contributed by atoms with Gasteiger partial charge in [0, 0.05) is 43.9 Å². The lowest BCUT2D eigenvalue weighted by atomic mass is 9.91. The SMILES string of the molecule is c1ccc(-c2ccc3c4ccccc4n(-c4cc(-c5ccc6c7ccccc7c7ccccc7c6c5)cc(-c5cc(-c6cccc7c6oc6ccccc67)nc(-c6ccccc6)n5)c4)c3c2)cc1. The first-order valence-electron chi connectivity index (χ1n) is 23.1. The molecular weight excluding hydrogens is 827 g/mol. The van der Waals surface area contributed by atoms with Crippen LogP contribution in [0.4, 0.5) is 0 Å². The summed E-state index contributed by atoms with van der Waals surface area (Å²) in [5.41, 5.74) is 14.0. The molecule has 0 N–H and O–H groups in total. The van der Waals surface area contributed by atoms with E-state index in [2.05, 4.69) is 211 Å². The molecule has 0 saturated heterocycles. The van der Waals surface area contributed by atoms with Crippen LogP contribution in [0.15, 0.2) is 241 Å². The molecule has 0 spiro atoms. The zero-order chi connectivity index (χ0) is 44.7. The van der Waals surface area contributed by atoms with Gasteiger partial charge in [-0.3, -0.25) is 0 Å². The number of hydrogen-bond acceptors (Lipinski definition) is 3. The fraction of sp³-hybridized carbons (Fsp3) is 0. The van der Waals surface area contributed by atoms with Gasteiger partial charge in [0.2, 0.25) is 0 Å². The molecular formula is C64H39N3O. The van der Waals surface area contributed by atoms with Crippen molar-refractivity contribution in [3.8, 4) is 61.8 Å². The number of hydrogen-bond donors (Lipinski definition) is 0. The standard InChI is InChI=1S/C64H39N3O/c1-3-16-40(17-4-1)43-31-33-53-52-24-11-13-28-60(52)67(61(53)38-43)46-35-44(42-30-32-51-49-22-8-7-20-47(49)48-21-9-10-23-50(48)57(51)37-42)34-45(36-46)58-39-59(66-64(65-58)41-18-5-2-6-19-41)56-27-15-26-55-54-25-12-14-29-62(54)68-63(55)56/h1-39H. The molecule has 0 fully saturated rings. The maximum Gasteiger partial charge on any atom is 0.160 e. The molecule has 4 nitrogen and oxygen atoms in total. The molecule has 3 aromatic heterocycles. The zero-order valence-electron chi connectivity index (χ0n) is 36.8. The molecule has 0 aliphatic rings. The molecule has 0 aliphatic carbocycles. The molecule has 3 heterocycles. The van der Waals surface area contributed by atoms with Crippen LogP contribution < -0.4 is 0 Å². The highest BCUT2D eigenvalue weighted by Gasteiger charge is 2.20. The van der Waals surface area contributed by atoms with Crippen LogP contribution in [-0.4, -0.2) is 14.5 Å². The molecule has 0 radical (unpaired) electrons. The van der Waals surface area contributed by atoms with Gasteiger partial charge < -0.3 is 8.98 Å². The van der Waals surface area contributed by atoms with Gasteiger partial charge in [-0.2, -0.15) is 0 Å². The molecule has 0 aliphatic heterocycles. The van der Waals surface area contributed by atoms with Crippen molar-refractivity contribution < 1.29 is 4.42 Å². The molecule has 0 atom stereocenters. The summed E-state index contributed by atoms with van der Waals surface area (Å²) in [6.07, 6.45) is 0. The highest BCUT2D eigenvalue weighted by molar-refractivity contribution is 6.26. The molecule has 14 aromatic rings. The van der Waals surface area contributed by atoms with Gasteiger partial charge in [-0.25, -0.2) is 9.97 Å². The summed E-state index contributed by atoms with van der Waals surface area (Å²) >= 11 is 0. The van der Waals surface area contributed by atoms with Crippen molar-refractivity contribution in [1.29, 1.82) is 0 Å². The van der Waals surface area contributed by atoms with E-state index in [0.29, 0.717) is 5.82 Å². The number of rotatable bonds is 6. The molecule has 11 aromatic carbocycles. The highest BCUT2D eigenvalue weighted by atomic mass is 16.3. The zero-order valence-corrected chi connectivity index (χ0v) is 36.8. The average Bonchev–Trinajstić information content (AvgIpc) is 3.97. The number of fused-ring (bicyclic) bond motifs is 12. The van der Waals surface area contributed by atoms with Gasteiger partial charge in [-0.15, -0.1) is 0 Å². The Morgan fingerprint density at radius 3 is 1.59 bits per heavy atom. The monoisotopic (exact) mass is 865 g/mol. The third-order valence-electron chi connectivity index (χ3n) is 13.8. The predicted molar refractivity (Wildman–Crippen MR) is 283 cm³/mol. The summed E-state index contributed by atoms with van der Waals surface area (Å²) in [6, 6.07) is 84.8. The van der Waals surface area contributed by atoms with E-state index in [4.69, 9.17) is 14.4 Å². The van der Waals surface area contributed by atoms with Gasteiger partial charge in [0.25, 0.3) is 0 Å². The number of aromatic nitrogens is 3. The van der Waals surface area contributed by atoms with Gasteiger partial charge in [0.05, 0.1) is 22.4 Å². The quantitative estimate of drug-likeness (QED) is 0.156. The Hall–Kier alpha value is -9.12. The lowest BCUT2D eigenvalue weighted by Gasteiger charge is -2.16. The number of para-hydroxylation sites is 3. The van der Waals surface area contributed by atoms with Crippen LogP contribution >= 0.6 is 0 Å². The number of furan rings is 1. The molecule has 0 saturated carbocycles. The van der Waals surface area contributed by atoms with Crippen molar-refractivity contribution in [3.63, 3.8) is 0 Å². The Morgan fingerprint density at radius 2 is 0.838 bits per heavy atom. The lowest BCUT2D eigenvalue weighted by Crippen LogP contribution is -1.99. The second kappa shape index (κ2) is 15.2. The van der Waals surface area contributed by atoms with Crippen LogP contribution in [0.25, 0.3) is 138 Å². The van der Waals surface area contributed by atoms with Crippen molar-refractivity contribution >= 4 is 76.1 Å². The minimum absolute atomic E-state index is 0.645. The molecule has 0 amide bonds. The van der Waals surface area contributed by atoms with Crippen LogP contribution in [0, 0.1) is 0 Å². The van der Waals surface area contributed by atoms with E-state index in [-0.39, 0.29) is 0 Å². The predicted octanol–water partition coefficient (Wildman–Crippen LogP) is 17.3. The number of nitrogens with zero attached hydrogens (tertiary/aromatic N) is 3. The summed E-state index contributed by atoms with van der Waals surface area (Å²) in [5, 5.41) is 12.0. The van der Waals surface area contributed by atoms with Crippen molar-refractivity contribution in [2.75, 3.05) is 0 Å². The van der Waals surface area contributed by atoms with Crippen LogP contribution in [-0.2, 0) is 0 Å². The summed E-state index contributed by atoms with van der Waals surface area (Å²) in [4.78, 5) is 10.7. The second-order valence-corrected chi connectivity index (χ2v) is 17.7. The third kappa shape index (κ3) is 6.08. The van der Waals surface area contributed by atoms with Crippen LogP contribution in [0.3, 0.4) is 0 Å². The minimum atomic E-state index is 0.645. The number of benzene rings is 11. The van der Waals surface area contributed by atoms with Gasteiger partial charge in [-0.05, 0) is 109 Å². The van der Waals surface area contributed by atoms with E-state index >= 15 is 0 Å². The Bertz CT molecular complexity index is 4280. The van der Waals surface area contributed by atoms with Crippen LogP contribution in [0.5, 0.6) is 0 Å². The molecule has 4 heteroatoms. The second-order valence-electron chi connectivity index (χ2n) is 17.7. The maximum absolute atomic E-state index is 6.63. The fourth-order valence-electron chi connectivity index (χ4n) is 10.6. The van der Waals surface area contributed by atoms with Crippen LogP contribution in [0.1, 0.15) is 0 Å². The summed E-state index contributed by atoms with van der Waals surface area (Å²) in [7, 11) is 0. The largest absolute Gasteiger partial charge is 0.455 e. The molecule has 14 rings (SSSR count). The van der Waals surface area contributed by atoms with Crippen molar-refractivity contribution in [2.24, 2.45) is 0 Å².